The quantitative estimate of drug-likeness (QED) is 0.0277. The van der Waals surface area contributed by atoms with Crippen molar-refractivity contribution in [2.45, 2.75) is 191 Å². The highest BCUT2D eigenvalue weighted by Gasteiger charge is 2.51. The van der Waals surface area contributed by atoms with E-state index in [4.69, 9.17) is 9.05 Å². The lowest BCUT2D eigenvalue weighted by atomic mass is 9.85. The molecule has 0 aliphatic heterocycles. The molecule has 1 rings (SSSR count). The number of rotatable bonds is 30. The lowest BCUT2D eigenvalue weighted by molar-refractivity contribution is -0.220. The highest BCUT2D eigenvalue weighted by molar-refractivity contribution is 7.47. The number of phosphoric acid groups is 1. The summed E-state index contributed by atoms with van der Waals surface area (Å²) in [4.78, 5) is 23.2. The molecule has 1 fully saturated rings. The smallest absolute Gasteiger partial charge is 0.393 e. The van der Waals surface area contributed by atoms with Crippen LogP contribution in [-0.2, 0) is 18.4 Å². The minimum atomic E-state index is -5.13. The van der Waals surface area contributed by atoms with Crippen molar-refractivity contribution >= 4 is 13.7 Å². The number of carbonyl (C=O) groups is 1. The molecular formula is C38H70NO12P. The first-order chi connectivity index (χ1) is 24.8. The molecule has 8 unspecified atom stereocenters. The normalized spacial score (nSPS) is 25.5. The van der Waals surface area contributed by atoms with Gasteiger partial charge in [-0.15, -0.1) is 0 Å². The van der Waals surface area contributed by atoms with Gasteiger partial charge in [-0.1, -0.05) is 115 Å². The molecule has 52 heavy (non-hydrogen) atoms. The molecule has 0 saturated heterocycles. The summed E-state index contributed by atoms with van der Waals surface area (Å²) in [6.07, 6.45) is 15.9. The van der Waals surface area contributed by atoms with Crippen molar-refractivity contribution in [2.24, 2.45) is 0 Å². The van der Waals surface area contributed by atoms with Crippen LogP contribution in [-0.4, -0.2) is 108 Å². The molecule has 0 aromatic carbocycles. The summed E-state index contributed by atoms with van der Waals surface area (Å²) in [7, 11) is -5.13. The maximum absolute atomic E-state index is 12.9. The predicted molar refractivity (Wildman–Crippen MR) is 201 cm³/mol. The maximum atomic E-state index is 12.9. The van der Waals surface area contributed by atoms with Gasteiger partial charge in [0.25, 0.3) is 0 Å². The standard InChI is InChI=1S/C38H70NO12P/c1-3-5-7-9-11-12-13-14-15-16-17-18-20-21-23-25-29(40)27-32(42)39-30(31(41)26-24-22-19-10-8-6-4-2)28-50-52(48,49)51-38-36(46)34(44)33(43)35(45)37(38)47/h8,10,14-15,24,26,29-31,33-38,40-41,43-47H,3-7,9,11-13,16-23,25,27-28H2,1-2H3,(H,39,42)(H,48,49)/b10-8+,15-14-,26-24+. The van der Waals surface area contributed by atoms with E-state index < -0.39 is 75.2 Å². The van der Waals surface area contributed by atoms with Crippen molar-refractivity contribution in [1.82, 2.24) is 5.32 Å². The van der Waals surface area contributed by atoms with Crippen molar-refractivity contribution in [3.05, 3.63) is 36.5 Å². The summed E-state index contributed by atoms with van der Waals surface area (Å²) in [6, 6.07) is -1.25. The van der Waals surface area contributed by atoms with Crippen molar-refractivity contribution in [2.75, 3.05) is 6.61 Å². The van der Waals surface area contributed by atoms with Crippen LogP contribution in [0.2, 0.25) is 0 Å². The van der Waals surface area contributed by atoms with Crippen LogP contribution < -0.4 is 5.32 Å². The minimum Gasteiger partial charge on any atom is -0.393 e. The van der Waals surface area contributed by atoms with Gasteiger partial charge in [-0.05, 0) is 51.4 Å². The van der Waals surface area contributed by atoms with Gasteiger partial charge in [-0.3, -0.25) is 13.8 Å². The topological polar surface area (TPSA) is 226 Å². The summed E-state index contributed by atoms with van der Waals surface area (Å²) in [5.41, 5.74) is 0. The van der Waals surface area contributed by atoms with Crippen molar-refractivity contribution in [3.8, 4) is 0 Å². The maximum Gasteiger partial charge on any atom is 0.472 e. The molecule has 0 aromatic rings. The van der Waals surface area contributed by atoms with Crippen LogP contribution in [0, 0.1) is 0 Å². The van der Waals surface area contributed by atoms with Crippen molar-refractivity contribution < 1.29 is 59.0 Å². The number of allylic oxidation sites excluding steroid dienone is 5. The molecule has 0 heterocycles. The molecule has 1 aliphatic rings. The summed E-state index contributed by atoms with van der Waals surface area (Å²) in [5.74, 6) is -0.615. The minimum absolute atomic E-state index is 0.260. The van der Waals surface area contributed by atoms with E-state index in [1.165, 1.54) is 44.6 Å². The molecular weight excluding hydrogens is 693 g/mol. The molecule has 14 heteroatoms. The number of aliphatic hydroxyl groups is 7. The summed E-state index contributed by atoms with van der Waals surface area (Å²) in [5, 5.41) is 73.8. The number of aliphatic hydroxyl groups excluding tert-OH is 7. The number of hydrogen-bond donors (Lipinski definition) is 9. The van der Waals surface area contributed by atoms with E-state index in [1.54, 1.807) is 6.08 Å². The Morgan fingerprint density at radius 2 is 1.17 bits per heavy atom. The highest BCUT2D eigenvalue weighted by Crippen LogP contribution is 2.47. The zero-order valence-corrected chi connectivity index (χ0v) is 32.4. The van der Waals surface area contributed by atoms with Gasteiger partial charge in [-0.25, -0.2) is 4.57 Å². The summed E-state index contributed by atoms with van der Waals surface area (Å²) >= 11 is 0. The Bertz CT molecular complexity index is 1040. The highest BCUT2D eigenvalue weighted by atomic mass is 31.2. The largest absolute Gasteiger partial charge is 0.472 e. The van der Waals surface area contributed by atoms with Gasteiger partial charge in [-0.2, -0.15) is 0 Å². The van der Waals surface area contributed by atoms with E-state index >= 15 is 0 Å². The Balaban J connectivity index is 2.57. The van der Waals surface area contributed by atoms with Gasteiger partial charge in [0.2, 0.25) is 5.91 Å². The monoisotopic (exact) mass is 763 g/mol. The van der Waals surface area contributed by atoms with Gasteiger partial charge < -0.3 is 46.0 Å². The molecule has 8 atom stereocenters. The zero-order valence-electron chi connectivity index (χ0n) is 31.5. The van der Waals surface area contributed by atoms with Crippen molar-refractivity contribution in [1.29, 1.82) is 0 Å². The van der Waals surface area contributed by atoms with E-state index in [0.717, 1.165) is 64.2 Å². The van der Waals surface area contributed by atoms with Gasteiger partial charge in [0.15, 0.2) is 0 Å². The Hall–Kier alpha value is -1.48. The molecule has 1 aliphatic carbocycles. The van der Waals surface area contributed by atoms with E-state index in [2.05, 4.69) is 37.4 Å². The molecule has 0 bridgehead atoms. The summed E-state index contributed by atoms with van der Waals surface area (Å²) in [6.45, 7) is 3.55. The van der Waals surface area contributed by atoms with Crippen LogP contribution in [0.4, 0.5) is 0 Å². The van der Waals surface area contributed by atoms with Gasteiger partial charge in [0, 0.05) is 0 Å². The molecule has 304 valence electrons. The zero-order chi connectivity index (χ0) is 38.8. The third-order valence-corrected chi connectivity index (χ3v) is 10.2. The first-order valence-electron chi connectivity index (χ1n) is 19.5. The first kappa shape index (κ1) is 48.5. The second-order valence-electron chi connectivity index (χ2n) is 13.9. The van der Waals surface area contributed by atoms with E-state index in [9.17, 15) is 50.0 Å². The molecule has 0 aromatic heterocycles. The number of nitrogens with one attached hydrogen (secondary N) is 1. The molecule has 9 N–H and O–H groups in total. The molecule has 1 amide bonds. The van der Waals surface area contributed by atoms with E-state index in [-0.39, 0.29) is 6.42 Å². The average molecular weight is 764 g/mol. The van der Waals surface area contributed by atoms with Gasteiger partial charge in [0.05, 0.1) is 31.3 Å². The lowest BCUT2D eigenvalue weighted by Crippen LogP contribution is -2.64. The molecule has 13 nitrogen and oxygen atoms in total. The Morgan fingerprint density at radius 1 is 0.673 bits per heavy atom. The fourth-order valence-electron chi connectivity index (χ4n) is 5.90. The second-order valence-corrected chi connectivity index (χ2v) is 15.4. The predicted octanol–water partition coefficient (Wildman–Crippen LogP) is 4.63. The number of amides is 1. The Labute approximate surface area is 311 Å². The third-order valence-electron chi connectivity index (χ3n) is 9.18. The van der Waals surface area contributed by atoms with Crippen LogP contribution in [0.1, 0.15) is 136 Å². The van der Waals surface area contributed by atoms with E-state index in [1.807, 2.05) is 6.08 Å². The fraction of sp³-hybridized carbons (Fsp3) is 0.816. The van der Waals surface area contributed by atoms with Crippen molar-refractivity contribution in [3.63, 3.8) is 0 Å². The Morgan fingerprint density at radius 3 is 1.77 bits per heavy atom. The number of unbranched alkanes of at least 4 members (excludes halogenated alkanes) is 13. The van der Waals surface area contributed by atoms with Crippen LogP contribution >= 0.6 is 7.82 Å². The Kier molecular flexibility index (Phi) is 27.0. The molecule has 1 saturated carbocycles. The van der Waals surface area contributed by atoms with Crippen LogP contribution in [0.25, 0.3) is 0 Å². The fourth-order valence-corrected chi connectivity index (χ4v) is 6.87. The first-order valence-corrected chi connectivity index (χ1v) is 21.0. The van der Waals surface area contributed by atoms with Gasteiger partial charge in [0.1, 0.15) is 36.6 Å². The average Bonchev–Trinajstić information content (AvgIpc) is 3.11. The van der Waals surface area contributed by atoms with Crippen LogP contribution in [0.15, 0.2) is 36.5 Å². The number of carbonyl (C=O) groups excluding carboxylic acids is 1. The SMILES string of the molecule is CCC/C=C/CC/C=C/C(O)C(COP(=O)(O)OC1C(O)C(O)C(O)C(O)C1O)NC(=O)CC(O)CCCCCCC/C=C\CCCCCCCC. The van der Waals surface area contributed by atoms with Gasteiger partial charge >= 0.3 is 7.82 Å². The summed E-state index contributed by atoms with van der Waals surface area (Å²) < 4.78 is 22.6. The third kappa shape index (κ3) is 21.4. The number of hydrogen-bond acceptors (Lipinski definition) is 11. The second kappa shape index (κ2) is 28.9. The molecule has 0 radical (unpaired) electrons. The van der Waals surface area contributed by atoms with Crippen LogP contribution in [0.5, 0.6) is 0 Å². The van der Waals surface area contributed by atoms with Crippen LogP contribution in [0.3, 0.4) is 0 Å². The lowest BCUT2D eigenvalue weighted by Gasteiger charge is -2.41. The molecule has 0 spiro atoms. The van der Waals surface area contributed by atoms with E-state index in [0.29, 0.717) is 12.8 Å². The number of phosphoric ester groups is 1.